The summed E-state index contributed by atoms with van der Waals surface area (Å²) in [5, 5.41) is 4.59. The third kappa shape index (κ3) is 2.26. The van der Waals surface area contributed by atoms with Gasteiger partial charge in [0.25, 0.3) is 0 Å². The molecule has 18 heavy (non-hydrogen) atoms. The van der Waals surface area contributed by atoms with Crippen molar-refractivity contribution in [2.24, 2.45) is 11.7 Å². The Balaban J connectivity index is 1.74. The van der Waals surface area contributed by atoms with Crippen LogP contribution >= 0.6 is 11.5 Å². The van der Waals surface area contributed by atoms with Gasteiger partial charge in [0.1, 0.15) is 5.82 Å². The molecule has 0 bridgehead atoms. The van der Waals surface area contributed by atoms with E-state index < -0.39 is 0 Å². The first-order chi connectivity index (χ1) is 8.73. The lowest BCUT2D eigenvalue weighted by molar-refractivity contribution is 0.235. The lowest BCUT2D eigenvalue weighted by atomic mass is 9.74. The Bertz CT molecular complexity index is 415. The van der Waals surface area contributed by atoms with Crippen molar-refractivity contribution in [3.8, 4) is 0 Å². The monoisotopic (exact) mass is 266 g/mol. The van der Waals surface area contributed by atoms with Crippen molar-refractivity contribution in [2.45, 2.75) is 56.9 Å². The number of aromatic nitrogens is 2. The van der Waals surface area contributed by atoms with Crippen molar-refractivity contribution in [1.29, 1.82) is 0 Å². The van der Waals surface area contributed by atoms with E-state index in [1.54, 1.807) is 0 Å². The van der Waals surface area contributed by atoms with E-state index in [4.69, 9.17) is 5.73 Å². The molecule has 2 fully saturated rings. The standard InChI is InChI=1S/C13H22N4S/c1-9-4-2-3-7-13(9,8-14)16-12-15-11(17-18-12)10-5-6-10/h9-10H,2-8,14H2,1H3,(H,15,16,17). The number of nitrogens with one attached hydrogen (secondary N) is 1. The zero-order valence-electron chi connectivity index (χ0n) is 11.0. The van der Waals surface area contributed by atoms with Crippen molar-refractivity contribution in [2.75, 3.05) is 11.9 Å². The molecule has 2 atom stereocenters. The number of rotatable bonds is 4. The van der Waals surface area contributed by atoms with Gasteiger partial charge in [-0.3, -0.25) is 0 Å². The van der Waals surface area contributed by atoms with E-state index in [1.807, 2.05) is 0 Å². The maximum absolute atomic E-state index is 6.05. The van der Waals surface area contributed by atoms with Gasteiger partial charge >= 0.3 is 0 Å². The maximum Gasteiger partial charge on any atom is 0.203 e. The molecule has 1 aromatic rings. The predicted octanol–water partition coefficient (Wildman–Crippen LogP) is 2.74. The van der Waals surface area contributed by atoms with E-state index in [9.17, 15) is 0 Å². The van der Waals surface area contributed by atoms with Crippen LogP contribution in [0.3, 0.4) is 0 Å². The van der Waals surface area contributed by atoms with E-state index in [2.05, 4.69) is 21.6 Å². The van der Waals surface area contributed by atoms with Crippen LogP contribution in [-0.4, -0.2) is 21.4 Å². The highest BCUT2D eigenvalue weighted by Gasteiger charge is 2.38. The molecule has 0 amide bonds. The second-order valence-corrected chi connectivity index (χ2v) is 6.62. The largest absolute Gasteiger partial charge is 0.353 e. The first-order valence-corrected chi connectivity index (χ1v) is 7.83. The van der Waals surface area contributed by atoms with Crippen LogP contribution in [0.4, 0.5) is 5.13 Å². The SMILES string of the molecule is CC1CCCCC1(CN)Nc1nc(C2CC2)ns1. The summed E-state index contributed by atoms with van der Waals surface area (Å²) in [4.78, 5) is 4.63. The molecule has 0 spiro atoms. The molecule has 1 heterocycles. The summed E-state index contributed by atoms with van der Waals surface area (Å²) in [5.41, 5.74) is 6.09. The summed E-state index contributed by atoms with van der Waals surface area (Å²) in [6.07, 6.45) is 7.53. The molecule has 2 unspecified atom stereocenters. The molecule has 100 valence electrons. The summed E-state index contributed by atoms with van der Waals surface area (Å²) in [7, 11) is 0. The number of hydrogen-bond donors (Lipinski definition) is 2. The zero-order chi connectivity index (χ0) is 12.6. The van der Waals surface area contributed by atoms with Crippen LogP contribution in [0.25, 0.3) is 0 Å². The fraction of sp³-hybridized carbons (Fsp3) is 0.846. The number of hydrogen-bond acceptors (Lipinski definition) is 5. The number of nitrogens with zero attached hydrogens (tertiary/aromatic N) is 2. The smallest absolute Gasteiger partial charge is 0.203 e. The summed E-state index contributed by atoms with van der Waals surface area (Å²) < 4.78 is 4.46. The first kappa shape index (κ1) is 12.4. The molecule has 4 nitrogen and oxygen atoms in total. The molecule has 1 aromatic heterocycles. The third-order valence-corrected chi connectivity index (χ3v) is 5.20. The highest BCUT2D eigenvalue weighted by molar-refractivity contribution is 7.09. The fourth-order valence-electron chi connectivity index (χ4n) is 2.96. The van der Waals surface area contributed by atoms with E-state index in [1.165, 1.54) is 43.6 Å². The molecule has 0 radical (unpaired) electrons. The minimum absolute atomic E-state index is 0.0403. The molecule has 2 aliphatic rings. The molecule has 0 aromatic carbocycles. The molecular weight excluding hydrogens is 244 g/mol. The Hall–Kier alpha value is -0.680. The average molecular weight is 266 g/mol. The first-order valence-electron chi connectivity index (χ1n) is 7.05. The van der Waals surface area contributed by atoms with Gasteiger partial charge in [-0.05, 0) is 31.6 Å². The van der Waals surface area contributed by atoms with Gasteiger partial charge in [-0.1, -0.05) is 19.8 Å². The Morgan fingerprint density at radius 2 is 2.22 bits per heavy atom. The van der Waals surface area contributed by atoms with Crippen molar-refractivity contribution in [1.82, 2.24) is 9.36 Å². The topological polar surface area (TPSA) is 63.8 Å². The highest BCUT2D eigenvalue weighted by Crippen LogP contribution is 2.41. The normalized spacial score (nSPS) is 32.4. The summed E-state index contributed by atoms with van der Waals surface area (Å²) in [6, 6.07) is 0. The van der Waals surface area contributed by atoms with Gasteiger partial charge < -0.3 is 11.1 Å². The number of anilines is 1. The van der Waals surface area contributed by atoms with E-state index >= 15 is 0 Å². The van der Waals surface area contributed by atoms with Crippen LogP contribution in [0, 0.1) is 5.92 Å². The van der Waals surface area contributed by atoms with E-state index in [0.29, 0.717) is 18.4 Å². The third-order valence-electron chi connectivity index (χ3n) is 4.56. The highest BCUT2D eigenvalue weighted by atomic mass is 32.1. The predicted molar refractivity (Wildman–Crippen MR) is 74.9 cm³/mol. The van der Waals surface area contributed by atoms with Crippen molar-refractivity contribution >= 4 is 16.7 Å². The van der Waals surface area contributed by atoms with Gasteiger partial charge in [-0.15, -0.1) is 0 Å². The molecule has 2 saturated carbocycles. The summed E-state index contributed by atoms with van der Waals surface area (Å²) in [6.45, 7) is 2.99. The average Bonchev–Trinajstić information content (AvgIpc) is 3.14. The van der Waals surface area contributed by atoms with Crippen molar-refractivity contribution in [3.63, 3.8) is 0 Å². The van der Waals surface area contributed by atoms with Crippen molar-refractivity contribution < 1.29 is 0 Å². The van der Waals surface area contributed by atoms with Gasteiger partial charge in [0.15, 0.2) is 0 Å². The maximum atomic E-state index is 6.05. The Kier molecular flexibility index (Phi) is 3.28. The summed E-state index contributed by atoms with van der Waals surface area (Å²) in [5.74, 6) is 2.29. The molecule has 0 saturated heterocycles. The van der Waals surface area contributed by atoms with Gasteiger partial charge in [-0.25, -0.2) is 4.98 Å². The zero-order valence-corrected chi connectivity index (χ0v) is 11.8. The van der Waals surface area contributed by atoms with Crippen molar-refractivity contribution in [3.05, 3.63) is 5.82 Å². The van der Waals surface area contributed by atoms with Crippen LogP contribution in [0.2, 0.25) is 0 Å². The van der Waals surface area contributed by atoms with Crippen LogP contribution in [0.5, 0.6) is 0 Å². The van der Waals surface area contributed by atoms with Gasteiger partial charge in [0, 0.05) is 24.0 Å². The van der Waals surface area contributed by atoms with E-state index in [0.717, 1.165) is 17.4 Å². The van der Waals surface area contributed by atoms with Crippen LogP contribution in [0.1, 0.15) is 57.2 Å². The van der Waals surface area contributed by atoms with Gasteiger partial charge in [0.05, 0.1) is 5.54 Å². The number of nitrogens with two attached hydrogens (primary N) is 1. The molecule has 2 aliphatic carbocycles. The lowest BCUT2D eigenvalue weighted by Crippen LogP contribution is -2.52. The molecule has 0 aliphatic heterocycles. The van der Waals surface area contributed by atoms with Gasteiger partial charge in [-0.2, -0.15) is 4.37 Å². The lowest BCUT2D eigenvalue weighted by Gasteiger charge is -2.42. The van der Waals surface area contributed by atoms with Crippen LogP contribution in [0.15, 0.2) is 0 Å². The van der Waals surface area contributed by atoms with E-state index in [-0.39, 0.29) is 5.54 Å². The quantitative estimate of drug-likeness (QED) is 0.879. The second-order valence-electron chi connectivity index (χ2n) is 5.86. The fourth-order valence-corrected chi connectivity index (χ4v) is 3.71. The minimum Gasteiger partial charge on any atom is -0.353 e. The minimum atomic E-state index is 0.0403. The molecule has 5 heteroatoms. The van der Waals surface area contributed by atoms with Crippen LogP contribution in [-0.2, 0) is 0 Å². The molecule has 3 N–H and O–H groups in total. The summed E-state index contributed by atoms with van der Waals surface area (Å²) >= 11 is 1.50. The Morgan fingerprint density at radius 3 is 2.89 bits per heavy atom. The van der Waals surface area contributed by atoms with Gasteiger partial charge in [0.2, 0.25) is 5.13 Å². The Morgan fingerprint density at radius 1 is 1.39 bits per heavy atom. The Labute approximate surface area is 113 Å². The second kappa shape index (κ2) is 4.78. The molecule has 3 rings (SSSR count). The molecular formula is C13H22N4S. The van der Waals surface area contributed by atoms with Crippen LogP contribution < -0.4 is 11.1 Å².